The van der Waals surface area contributed by atoms with Crippen LogP contribution in [0.3, 0.4) is 0 Å². The molecule has 1 N–H and O–H groups in total. The lowest BCUT2D eigenvalue weighted by atomic mass is 9.84. The Morgan fingerprint density at radius 2 is 1.88 bits per heavy atom. The lowest BCUT2D eigenvalue weighted by Crippen LogP contribution is -2.52. The molecule has 2 unspecified atom stereocenters. The van der Waals surface area contributed by atoms with Crippen LogP contribution in [-0.4, -0.2) is 36.6 Å². The van der Waals surface area contributed by atoms with E-state index in [0.717, 1.165) is 25.0 Å². The predicted octanol–water partition coefficient (Wildman–Crippen LogP) is 2.89. The normalized spacial score (nSPS) is 27.4. The molecule has 0 aromatic carbocycles. The molecule has 0 saturated heterocycles. The van der Waals surface area contributed by atoms with E-state index in [0.29, 0.717) is 0 Å². The summed E-state index contributed by atoms with van der Waals surface area (Å²) in [7, 11) is 2.30. The molecule has 16 heavy (non-hydrogen) atoms. The minimum atomic E-state index is 0.237. The maximum atomic E-state index is 3.57. The summed E-state index contributed by atoms with van der Waals surface area (Å²) in [6.45, 7) is 11.4. The van der Waals surface area contributed by atoms with E-state index in [1.165, 1.54) is 25.7 Å². The number of hydrogen-bond donors (Lipinski definition) is 1. The van der Waals surface area contributed by atoms with Crippen LogP contribution in [0.2, 0.25) is 0 Å². The summed E-state index contributed by atoms with van der Waals surface area (Å²) in [5.74, 6) is 0.871. The van der Waals surface area contributed by atoms with Gasteiger partial charge in [0, 0.05) is 18.1 Å². The van der Waals surface area contributed by atoms with E-state index in [2.05, 4.69) is 45.0 Å². The molecule has 1 saturated carbocycles. The molecule has 0 bridgehead atoms. The number of likely N-dealkylation sites (N-methyl/N-ethyl adjacent to an activating group) is 2. The highest BCUT2D eigenvalue weighted by molar-refractivity contribution is 4.86. The van der Waals surface area contributed by atoms with Gasteiger partial charge in [-0.15, -0.1) is 0 Å². The van der Waals surface area contributed by atoms with Gasteiger partial charge in [0.2, 0.25) is 0 Å². The second kappa shape index (κ2) is 6.02. The quantitative estimate of drug-likeness (QED) is 0.775. The van der Waals surface area contributed by atoms with E-state index in [1.54, 1.807) is 0 Å². The summed E-state index contributed by atoms with van der Waals surface area (Å²) < 4.78 is 0. The van der Waals surface area contributed by atoms with E-state index in [9.17, 15) is 0 Å². The van der Waals surface area contributed by atoms with Crippen LogP contribution in [0.1, 0.15) is 53.4 Å². The Kier molecular flexibility index (Phi) is 5.26. The van der Waals surface area contributed by atoms with Crippen molar-refractivity contribution < 1.29 is 0 Å². The summed E-state index contributed by atoms with van der Waals surface area (Å²) in [6.07, 6.45) is 5.65. The van der Waals surface area contributed by atoms with E-state index >= 15 is 0 Å². The molecule has 1 rings (SSSR count). The Morgan fingerprint density at radius 1 is 1.25 bits per heavy atom. The van der Waals surface area contributed by atoms with Gasteiger partial charge in [-0.25, -0.2) is 0 Å². The van der Waals surface area contributed by atoms with Gasteiger partial charge >= 0.3 is 0 Å². The van der Waals surface area contributed by atoms with Gasteiger partial charge in [0.15, 0.2) is 0 Å². The van der Waals surface area contributed by atoms with Crippen molar-refractivity contribution in [2.75, 3.05) is 20.1 Å². The lowest BCUT2D eigenvalue weighted by molar-refractivity contribution is 0.111. The van der Waals surface area contributed by atoms with Crippen LogP contribution in [0.5, 0.6) is 0 Å². The number of rotatable bonds is 5. The van der Waals surface area contributed by atoms with Crippen molar-refractivity contribution in [1.29, 1.82) is 0 Å². The first-order chi connectivity index (χ1) is 7.46. The Morgan fingerprint density at radius 3 is 2.44 bits per heavy atom. The first-order valence-corrected chi connectivity index (χ1v) is 6.91. The van der Waals surface area contributed by atoms with E-state index in [-0.39, 0.29) is 5.54 Å². The minimum Gasteiger partial charge on any atom is -0.311 e. The second-order valence-electron chi connectivity index (χ2n) is 6.16. The van der Waals surface area contributed by atoms with E-state index in [4.69, 9.17) is 0 Å². The number of nitrogens with zero attached hydrogens (tertiary/aromatic N) is 1. The molecule has 0 aromatic heterocycles. The molecule has 1 fully saturated rings. The molecule has 2 heteroatoms. The Labute approximate surface area is 102 Å². The highest BCUT2D eigenvalue weighted by Gasteiger charge is 2.28. The molecule has 1 aliphatic rings. The van der Waals surface area contributed by atoms with Crippen LogP contribution < -0.4 is 5.32 Å². The molecule has 96 valence electrons. The van der Waals surface area contributed by atoms with Crippen molar-refractivity contribution >= 4 is 0 Å². The molecular formula is C14H30N2. The van der Waals surface area contributed by atoms with E-state index in [1.807, 2.05) is 0 Å². The van der Waals surface area contributed by atoms with Gasteiger partial charge in [0.05, 0.1) is 0 Å². The molecule has 2 atom stereocenters. The maximum Gasteiger partial charge on any atom is 0.0252 e. The van der Waals surface area contributed by atoms with Gasteiger partial charge in [-0.1, -0.05) is 26.7 Å². The zero-order valence-corrected chi connectivity index (χ0v) is 11.8. The minimum absolute atomic E-state index is 0.237. The summed E-state index contributed by atoms with van der Waals surface area (Å²) in [6, 6.07) is 0.798. The highest BCUT2D eigenvalue weighted by atomic mass is 15.2. The fourth-order valence-corrected chi connectivity index (χ4v) is 3.23. The van der Waals surface area contributed by atoms with Crippen LogP contribution in [0.15, 0.2) is 0 Å². The average molecular weight is 226 g/mol. The Bertz CT molecular complexity index is 201. The standard InChI is InChI=1S/C14H30N2/c1-6-15-14(3,4)11-16(5)13-10-8-7-9-12(13)2/h12-13,15H,6-11H2,1-5H3. The fourth-order valence-electron chi connectivity index (χ4n) is 3.23. The highest BCUT2D eigenvalue weighted by Crippen LogP contribution is 2.28. The van der Waals surface area contributed by atoms with Gasteiger partial charge in [0.1, 0.15) is 0 Å². The van der Waals surface area contributed by atoms with Crippen LogP contribution in [0, 0.1) is 5.92 Å². The molecule has 0 aromatic rings. The van der Waals surface area contributed by atoms with Crippen molar-refractivity contribution in [2.45, 2.75) is 65.0 Å². The Balaban J connectivity index is 2.46. The molecule has 1 aliphatic carbocycles. The summed E-state index contributed by atoms with van der Waals surface area (Å²) in [5.41, 5.74) is 0.237. The topological polar surface area (TPSA) is 15.3 Å². The van der Waals surface area contributed by atoms with Crippen LogP contribution in [0.4, 0.5) is 0 Å². The van der Waals surface area contributed by atoms with Crippen molar-refractivity contribution in [3.05, 3.63) is 0 Å². The molecule has 0 aliphatic heterocycles. The van der Waals surface area contributed by atoms with Crippen molar-refractivity contribution in [3.8, 4) is 0 Å². The summed E-state index contributed by atoms with van der Waals surface area (Å²) in [5, 5.41) is 3.57. The third kappa shape index (κ3) is 4.06. The first kappa shape index (κ1) is 14.0. The Hall–Kier alpha value is -0.0800. The van der Waals surface area contributed by atoms with Gasteiger partial charge in [-0.2, -0.15) is 0 Å². The molecule has 0 spiro atoms. The zero-order valence-electron chi connectivity index (χ0n) is 11.8. The average Bonchev–Trinajstić information content (AvgIpc) is 2.17. The molecule has 2 nitrogen and oxygen atoms in total. The van der Waals surface area contributed by atoms with Crippen molar-refractivity contribution in [1.82, 2.24) is 10.2 Å². The van der Waals surface area contributed by atoms with Crippen molar-refractivity contribution in [3.63, 3.8) is 0 Å². The van der Waals surface area contributed by atoms with E-state index < -0.39 is 0 Å². The van der Waals surface area contributed by atoms with Gasteiger partial charge in [-0.05, 0) is 46.2 Å². The zero-order chi connectivity index (χ0) is 12.2. The SMILES string of the molecule is CCNC(C)(C)CN(C)C1CCCCC1C. The van der Waals surface area contributed by atoms with Crippen LogP contribution >= 0.6 is 0 Å². The van der Waals surface area contributed by atoms with Gasteiger partial charge in [0.25, 0.3) is 0 Å². The second-order valence-corrected chi connectivity index (χ2v) is 6.16. The summed E-state index contributed by atoms with van der Waals surface area (Å²) >= 11 is 0. The largest absolute Gasteiger partial charge is 0.311 e. The number of hydrogen-bond acceptors (Lipinski definition) is 2. The van der Waals surface area contributed by atoms with Gasteiger partial charge in [-0.3, -0.25) is 0 Å². The molecule has 0 radical (unpaired) electrons. The predicted molar refractivity (Wildman–Crippen MR) is 71.8 cm³/mol. The first-order valence-electron chi connectivity index (χ1n) is 6.91. The fraction of sp³-hybridized carbons (Fsp3) is 1.00. The molecular weight excluding hydrogens is 196 g/mol. The third-order valence-electron chi connectivity index (χ3n) is 3.93. The summed E-state index contributed by atoms with van der Waals surface area (Å²) in [4.78, 5) is 2.58. The van der Waals surface area contributed by atoms with Crippen LogP contribution in [0.25, 0.3) is 0 Å². The van der Waals surface area contributed by atoms with Crippen LogP contribution in [-0.2, 0) is 0 Å². The lowest BCUT2D eigenvalue weighted by Gasteiger charge is -2.40. The smallest absolute Gasteiger partial charge is 0.0252 e. The van der Waals surface area contributed by atoms with Crippen molar-refractivity contribution in [2.24, 2.45) is 5.92 Å². The molecule has 0 amide bonds. The monoisotopic (exact) mass is 226 g/mol. The number of nitrogens with one attached hydrogen (secondary N) is 1. The van der Waals surface area contributed by atoms with Gasteiger partial charge < -0.3 is 10.2 Å². The maximum absolute atomic E-state index is 3.57. The molecule has 0 heterocycles. The third-order valence-corrected chi connectivity index (χ3v) is 3.93.